The van der Waals surface area contributed by atoms with Gasteiger partial charge in [0.25, 0.3) is 0 Å². The summed E-state index contributed by atoms with van der Waals surface area (Å²) in [6.07, 6.45) is 22.1. The topological polar surface area (TPSA) is 34.0 Å². The third-order valence-electron chi connectivity index (χ3n) is 6.89. The number of aromatic nitrogens is 3. The summed E-state index contributed by atoms with van der Waals surface area (Å²) in [4.78, 5) is 2.32. The summed E-state index contributed by atoms with van der Waals surface area (Å²) in [5.41, 5.74) is 5.24. The molecule has 0 saturated heterocycles. The Kier molecular flexibility index (Phi) is 12.4. The van der Waals surface area contributed by atoms with Crippen LogP contribution >= 0.6 is 0 Å². The fourth-order valence-corrected chi connectivity index (χ4v) is 4.67. The molecule has 0 fully saturated rings. The molecule has 3 aromatic rings. The van der Waals surface area contributed by atoms with E-state index >= 15 is 0 Å². The van der Waals surface area contributed by atoms with Crippen LogP contribution in [0.5, 0.6) is 0 Å². The number of aryl methyl sites for hydroxylation is 2. The van der Waals surface area contributed by atoms with Gasteiger partial charge in [0.1, 0.15) is 6.67 Å². The Labute approximate surface area is 213 Å². The second-order valence-corrected chi connectivity index (χ2v) is 9.88. The third-order valence-corrected chi connectivity index (χ3v) is 6.89. The molecule has 0 aliphatic carbocycles. The van der Waals surface area contributed by atoms with Gasteiger partial charge in [0, 0.05) is 17.6 Å². The minimum atomic E-state index is 0.646. The maximum absolute atomic E-state index is 4.21. The van der Waals surface area contributed by atoms with Crippen molar-refractivity contribution in [1.29, 1.82) is 0 Å². The van der Waals surface area contributed by atoms with Gasteiger partial charge in [0.15, 0.2) is 0 Å². The van der Waals surface area contributed by atoms with Gasteiger partial charge in [0.2, 0.25) is 0 Å². The molecule has 1 aromatic heterocycles. The molecule has 35 heavy (non-hydrogen) atoms. The SMILES string of the molecule is CCCCCCCCc1ccc(N(Cn2ccnn2)c2ccc(CCCCCCCC)cc2)cc1. The highest BCUT2D eigenvalue weighted by Gasteiger charge is 2.11. The summed E-state index contributed by atoms with van der Waals surface area (Å²) in [5.74, 6) is 0. The van der Waals surface area contributed by atoms with E-state index in [2.05, 4.69) is 77.6 Å². The number of hydrogen-bond acceptors (Lipinski definition) is 3. The Morgan fingerprint density at radius 1 is 0.600 bits per heavy atom. The van der Waals surface area contributed by atoms with Gasteiger partial charge in [-0.3, -0.25) is 0 Å². The van der Waals surface area contributed by atoms with Crippen LogP contribution in [0.4, 0.5) is 11.4 Å². The Bertz CT molecular complexity index is 841. The molecule has 0 amide bonds. The van der Waals surface area contributed by atoms with Crippen LogP contribution in [0.15, 0.2) is 60.9 Å². The molecule has 0 unspecified atom stereocenters. The van der Waals surface area contributed by atoms with Gasteiger partial charge in [-0.15, -0.1) is 5.10 Å². The second-order valence-electron chi connectivity index (χ2n) is 9.88. The standard InChI is InChI=1S/C31H46N4/c1-3-5-7-9-11-13-15-28-17-21-30(22-18-28)35(27-34-26-25-32-33-34)31-23-19-29(20-24-31)16-14-12-10-8-6-4-2/h17-26H,3-16,27H2,1-2H3. The normalized spacial score (nSPS) is 11.1. The maximum Gasteiger partial charge on any atom is 0.118 e. The smallest absolute Gasteiger partial charge is 0.118 e. The molecule has 0 atom stereocenters. The summed E-state index contributed by atoms with van der Waals surface area (Å²) >= 11 is 0. The van der Waals surface area contributed by atoms with Crippen molar-refractivity contribution in [2.45, 2.75) is 110 Å². The summed E-state index contributed by atoms with van der Waals surface area (Å²) < 4.78 is 1.88. The second kappa shape index (κ2) is 16.1. The minimum Gasteiger partial charge on any atom is -0.321 e. The van der Waals surface area contributed by atoms with E-state index < -0.39 is 0 Å². The van der Waals surface area contributed by atoms with Gasteiger partial charge >= 0.3 is 0 Å². The first-order chi connectivity index (χ1) is 17.3. The molecule has 4 heteroatoms. The molecule has 190 valence electrons. The molecule has 0 aliphatic heterocycles. The van der Waals surface area contributed by atoms with Crippen LogP contribution in [0.25, 0.3) is 0 Å². The molecule has 4 nitrogen and oxygen atoms in total. The molecule has 2 aromatic carbocycles. The third kappa shape index (κ3) is 9.87. The van der Waals surface area contributed by atoms with Gasteiger partial charge in [-0.25, -0.2) is 4.68 Å². The monoisotopic (exact) mass is 474 g/mol. The number of benzene rings is 2. The molecule has 1 heterocycles. The van der Waals surface area contributed by atoms with Crippen LogP contribution in [0.1, 0.15) is 102 Å². The van der Waals surface area contributed by atoms with Gasteiger partial charge in [-0.1, -0.05) is 108 Å². The lowest BCUT2D eigenvalue weighted by molar-refractivity contribution is 0.596. The van der Waals surface area contributed by atoms with E-state index in [4.69, 9.17) is 0 Å². The number of hydrogen-bond donors (Lipinski definition) is 0. The van der Waals surface area contributed by atoms with Crippen molar-refractivity contribution in [1.82, 2.24) is 15.0 Å². The van der Waals surface area contributed by atoms with Crippen LogP contribution in [-0.2, 0) is 19.5 Å². The van der Waals surface area contributed by atoms with Gasteiger partial charge in [-0.05, 0) is 61.1 Å². The molecule has 0 spiro atoms. The lowest BCUT2D eigenvalue weighted by Crippen LogP contribution is -2.21. The first-order valence-corrected chi connectivity index (χ1v) is 14.1. The van der Waals surface area contributed by atoms with E-state index in [0.29, 0.717) is 6.67 Å². The number of nitrogens with zero attached hydrogens (tertiary/aromatic N) is 4. The van der Waals surface area contributed by atoms with Crippen LogP contribution in [0.2, 0.25) is 0 Å². The predicted octanol–water partition coefficient (Wildman–Crippen LogP) is 8.88. The van der Waals surface area contributed by atoms with Crippen molar-refractivity contribution in [2.75, 3.05) is 4.90 Å². The van der Waals surface area contributed by atoms with E-state index in [-0.39, 0.29) is 0 Å². The average Bonchev–Trinajstić information content (AvgIpc) is 3.41. The molecule has 0 saturated carbocycles. The van der Waals surface area contributed by atoms with Crippen LogP contribution in [0, 0.1) is 0 Å². The number of rotatable bonds is 18. The van der Waals surface area contributed by atoms with Crippen LogP contribution in [-0.4, -0.2) is 15.0 Å². The van der Waals surface area contributed by atoms with Crippen LogP contribution < -0.4 is 4.90 Å². The van der Waals surface area contributed by atoms with E-state index in [1.165, 1.54) is 112 Å². The molecule has 3 rings (SSSR count). The van der Waals surface area contributed by atoms with E-state index in [1.54, 1.807) is 6.20 Å². The zero-order valence-corrected chi connectivity index (χ0v) is 22.2. The zero-order valence-electron chi connectivity index (χ0n) is 22.2. The van der Waals surface area contributed by atoms with Crippen molar-refractivity contribution < 1.29 is 0 Å². The Morgan fingerprint density at radius 2 is 1.06 bits per heavy atom. The van der Waals surface area contributed by atoms with Gasteiger partial charge in [0.05, 0.1) is 6.20 Å². The van der Waals surface area contributed by atoms with Crippen molar-refractivity contribution in [2.24, 2.45) is 0 Å². The summed E-state index contributed by atoms with van der Waals surface area (Å²) in [6, 6.07) is 18.2. The first kappa shape index (κ1) is 27.0. The van der Waals surface area contributed by atoms with Gasteiger partial charge in [-0.2, -0.15) is 0 Å². The fourth-order valence-electron chi connectivity index (χ4n) is 4.67. The Morgan fingerprint density at radius 3 is 1.49 bits per heavy atom. The quantitative estimate of drug-likeness (QED) is 0.173. The van der Waals surface area contributed by atoms with Crippen LogP contribution in [0.3, 0.4) is 0 Å². The predicted molar refractivity (Wildman–Crippen MR) is 149 cm³/mol. The van der Waals surface area contributed by atoms with Crippen molar-refractivity contribution in [3.63, 3.8) is 0 Å². The Balaban J connectivity index is 1.58. The zero-order chi connectivity index (χ0) is 24.6. The van der Waals surface area contributed by atoms with E-state index in [9.17, 15) is 0 Å². The molecule has 0 aliphatic rings. The van der Waals surface area contributed by atoms with Crippen molar-refractivity contribution in [3.05, 3.63) is 72.1 Å². The Hall–Kier alpha value is -2.62. The highest BCUT2D eigenvalue weighted by molar-refractivity contribution is 5.63. The summed E-state index contributed by atoms with van der Waals surface area (Å²) in [6.45, 7) is 5.20. The fraction of sp³-hybridized carbons (Fsp3) is 0.548. The molecular formula is C31H46N4. The van der Waals surface area contributed by atoms with E-state index in [0.717, 1.165) is 0 Å². The van der Waals surface area contributed by atoms with E-state index in [1.807, 2.05) is 10.9 Å². The molecule has 0 radical (unpaired) electrons. The van der Waals surface area contributed by atoms with Crippen molar-refractivity contribution >= 4 is 11.4 Å². The molecule has 0 N–H and O–H groups in total. The maximum atomic E-state index is 4.21. The number of unbranched alkanes of at least 4 members (excludes halogenated alkanes) is 10. The number of anilines is 2. The minimum absolute atomic E-state index is 0.646. The first-order valence-electron chi connectivity index (χ1n) is 14.1. The molecular weight excluding hydrogens is 428 g/mol. The summed E-state index contributed by atoms with van der Waals surface area (Å²) in [7, 11) is 0. The van der Waals surface area contributed by atoms with Crippen molar-refractivity contribution in [3.8, 4) is 0 Å². The average molecular weight is 475 g/mol. The summed E-state index contributed by atoms with van der Waals surface area (Å²) in [5, 5.41) is 8.21. The highest BCUT2D eigenvalue weighted by atomic mass is 15.5. The molecule has 0 bridgehead atoms. The largest absolute Gasteiger partial charge is 0.321 e. The highest BCUT2D eigenvalue weighted by Crippen LogP contribution is 2.27. The van der Waals surface area contributed by atoms with Gasteiger partial charge < -0.3 is 4.90 Å². The lowest BCUT2D eigenvalue weighted by Gasteiger charge is -2.25. The lowest BCUT2D eigenvalue weighted by atomic mass is 10.0.